The summed E-state index contributed by atoms with van der Waals surface area (Å²) in [4.78, 5) is 4.64. The molecule has 0 bridgehead atoms. The van der Waals surface area contributed by atoms with E-state index in [0.717, 1.165) is 36.8 Å². The molecule has 2 aromatic rings. The lowest BCUT2D eigenvalue weighted by Crippen LogP contribution is -2.52. The highest BCUT2D eigenvalue weighted by atomic mass is 35.5. The lowest BCUT2D eigenvalue weighted by atomic mass is 9.98. The number of hydrogen-bond acceptors (Lipinski definition) is 3. The van der Waals surface area contributed by atoms with Crippen LogP contribution in [0.2, 0.25) is 15.1 Å². The molecule has 0 aromatic heterocycles. The molecule has 6 heteroatoms. The molecular formula is C21H25Cl3N2O. The summed E-state index contributed by atoms with van der Waals surface area (Å²) < 4.78 is 0. The van der Waals surface area contributed by atoms with E-state index in [4.69, 9.17) is 34.8 Å². The smallest absolute Gasteiger partial charge is 0.0743 e. The normalized spacial score (nSPS) is 20.5. The van der Waals surface area contributed by atoms with Crippen LogP contribution < -0.4 is 4.90 Å². The standard InChI is InChI=1S/C21H25Cl3N2O/c1-3-21(2,27)14-25-10-11-26(19-9-8-17(23)12-18(19)24)20(13-25)15-4-6-16(22)7-5-15/h4-9,12,20,27H,3,10-11,13-14H2,1-2H3/t20-,21?/m0/s1. The maximum absolute atomic E-state index is 10.5. The van der Waals surface area contributed by atoms with Crippen LogP contribution in [0.15, 0.2) is 42.5 Å². The van der Waals surface area contributed by atoms with Crippen molar-refractivity contribution in [3.8, 4) is 0 Å². The fraction of sp³-hybridized carbons (Fsp3) is 0.429. The van der Waals surface area contributed by atoms with Crippen LogP contribution in [0.1, 0.15) is 31.9 Å². The monoisotopic (exact) mass is 426 g/mol. The van der Waals surface area contributed by atoms with E-state index in [1.807, 2.05) is 38.1 Å². The van der Waals surface area contributed by atoms with E-state index >= 15 is 0 Å². The molecule has 1 saturated heterocycles. The third kappa shape index (κ3) is 5.10. The summed E-state index contributed by atoms with van der Waals surface area (Å²) in [5, 5.41) is 12.5. The first kappa shape index (κ1) is 20.8. The largest absolute Gasteiger partial charge is 0.389 e. The highest BCUT2D eigenvalue weighted by Gasteiger charge is 2.32. The number of hydrogen-bond donors (Lipinski definition) is 1. The highest BCUT2D eigenvalue weighted by molar-refractivity contribution is 6.36. The summed E-state index contributed by atoms with van der Waals surface area (Å²) in [5.41, 5.74) is 1.46. The van der Waals surface area contributed by atoms with Crippen molar-refractivity contribution in [3.05, 3.63) is 63.1 Å². The second kappa shape index (κ2) is 8.59. The van der Waals surface area contributed by atoms with Crippen molar-refractivity contribution in [2.45, 2.75) is 31.9 Å². The summed E-state index contributed by atoms with van der Waals surface area (Å²) in [6.07, 6.45) is 0.724. The quantitative estimate of drug-likeness (QED) is 0.666. The van der Waals surface area contributed by atoms with Crippen molar-refractivity contribution in [2.75, 3.05) is 31.1 Å². The van der Waals surface area contributed by atoms with Gasteiger partial charge >= 0.3 is 0 Å². The van der Waals surface area contributed by atoms with Gasteiger partial charge in [-0.1, -0.05) is 53.9 Å². The number of aliphatic hydroxyl groups is 1. The molecule has 1 heterocycles. The molecular weight excluding hydrogens is 403 g/mol. The first-order valence-corrected chi connectivity index (χ1v) is 10.3. The van der Waals surface area contributed by atoms with Gasteiger partial charge in [0.05, 0.1) is 22.4 Å². The Balaban J connectivity index is 1.91. The van der Waals surface area contributed by atoms with Gasteiger partial charge in [-0.05, 0) is 49.2 Å². The Hall–Kier alpha value is -0.970. The SMILES string of the molecule is CCC(C)(O)CN1CCN(c2ccc(Cl)cc2Cl)[C@H](c2ccc(Cl)cc2)C1. The Morgan fingerprint density at radius 2 is 1.70 bits per heavy atom. The van der Waals surface area contributed by atoms with Crippen LogP contribution in [0.3, 0.4) is 0 Å². The van der Waals surface area contributed by atoms with Crippen molar-refractivity contribution in [1.82, 2.24) is 4.90 Å². The summed E-state index contributed by atoms with van der Waals surface area (Å²) in [6, 6.07) is 13.7. The van der Waals surface area contributed by atoms with E-state index in [-0.39, 0.29) is 6.04 Å². The number of piperazine rings is 1. The Morgan fingerprint density at radius 1 is 1.04 bits per heavy atom. The van der Waals surface area contributed by atoms with Gasteiger partial charge in [0.2, 0.25) is 0 Å². The van der Waals surface area contributed by atoms with Crippen LogP contribution >= 0.6 is 34.8 Å². The van der Waals surface area contributed by atoms with Crippen molar-refractivity contribution in [1.29, 1.82) is 0 Å². The van der Waals surface area contributed by atoms with Gasteiger partial charge in [-0.15, -0.1) is 0 Å². The maximum Gasteiger partial charge on any atom is 0.0743 e. The minimum atomic E-state index is -0.690. The van der Waals surface area contributed by atoms with Crippen molar-refractivity contribution >= 4 is 40.5 Å². The Morgan fingerprint density at radius 3 is 2.33 bits per heavy atom. The predicted octanol–water partition coefficient (Wildman–Crippen LogP) is 5.67. The Bertz CT molecular complexity index is 779. The Labute approximate surface area is 176 Å². The van der Waals surface area contributed by atoms with Crippen LogP contribution in [0.5, 0.6) is 0 Å². The van der Waals surface area contributed by atoms with Crippen LogP contribution in [-0.2, 0) is 0 Å². The van der Waals surface area contributed by atoms with Crippen molar-refractivity contribution in [3.63, 3.8) is 0 Å². The first-order chi connectivity index (χ1) is 12.8. The number of rotatable bonds is 5. The predicted molar refractivity (Wildman–Crippen MR) is 115 cm³/mol. The minimum absolute atomic E-state index is 0.113. The van der Waals surface area contributed by atoms with Gasteiger partial charge in [0, 0.05) is 36.2 Å². The second-order valence-electron chi connectivity index (χ2n) is 7.44. The summed E-state index contributed by atoms with van der Waals surface area (Å²) in [5.74, 6) is 0. The molecule has 0 spiro atoms. The molecule has 27 heavy (non-hydrogen) atoms. The van der Waals surface area contributed by atoms with E-state index in [1.54, 1.807) is 6.07 Å². The van der Waals surface area contributed by atoms with Crippen LogP contribution in [0.4, 0.5) is 5.69 Å². The number of β-amino-alcohol motifs (C(OH)–C–C–N with tert-alkyl or cyclic N) is 1. The molecule has 1 fully saturated rings. The molecule has 146 valence electrons. The third-order valence-corrected chi connectivity index (χ3v) is 6.05. The Kier molecular flexibility index (Phi) is 6.60. The van der Waals surface area contributed by atoms with Gasteiger partial charge in [0.15, 0.2) is 0 Å². The molecule has 3 rings (SSSR count). The molecule has 1 aliphatic heterocycles. The van der Waals surface area contributed by atoms with Gasteiger partial charge in [-0.25, -0.2) is 0 Å². The van der Waals surface area contributed by atoms with Crippen LogP contribution in [0.25, 0.3) is 0 Å². The third-order valence-electron chi connectivity index (χ3n) is 5.26. The fourth-order valence-electron chi connectivity index (χ4n) is 3.55. The van der Waals surface area contributed by atoms with Crippen LogP contribution in [0, 0.1) is 0 Å². The molecule has 0 saturated carbocycles. The second-order valence-corrected chi connectivity index (χ2v) is 8.72. The average molecular weight is 428 g/mol. The number of anilines is 1. The lowest BCUT2D eigenvalue weighted by Gasteiger charge is -2.45. The van der Waals surface area contributed by atoms with Gasteiger partial charge in [0.1, 0.15) is 0 Å². The first-order valence-electron chi connectivity index (χ1n) is 9.21. The number of nitrogens with zero attached hydrogens (tertiary/aromatic N) is 2. The molecule has 1 aliphatic rings. The maximum atomic E-state index is 10.5. The van der Waals surface area contributed by atoms with E-state index in [9.17, 15) is 5.11 Å². The molecule has 0 amide bonds. The number of benzene rings is 2. The zero-order valence-electron chi connectivity index (χ0n) is 15.6. The molecule has 1 unspecified atom stereocenters. The summed E-state index contributed by atoms with van der Waals surface area (Å²) >= 11 is 18.7. The van der Waals surface area contributed by atoms with Crippen LogP contribution in [-0.4, -0.2) is 41.8 Å². The van der Waals surface area contributed by atoms with Gasteiger partial charge < -0.3 is 10.0 Å². The molecule has 0 aliphatic carbocycles. The zero-order chi connectivity index (χ0) is 19.6. The molecule has 3 nitrogen and oxygen atoms in total. The highest BCUT2D eigenvalue weighted by Crippen LogP contribution is 2.37. The van der Waals surface area contributed by atoms with E-state index < -0.39 is 5.60 Å². The summed E-state index contributed by atoms with van der Waals surface area (Å²) in [7, 11) is 0. The molecule has 2 aromatic carbocycles. The van der Waals surface area contributed by atoms with Crippen molar-refractivity contribution < 1.29 is 5.11 Å². The minimum Gasteiger partial charge on any atom is -0.389 e. The fourth-order valence-corrected chi connectivity index (χ4v) is 4.19. The molecule has 1 N–H and O–H groups in total. The molecule has 0 radical (unpaired) electrons. The van der Waals surface area contributed by atoms with E-state index in [2.05, 4.69) is 21.9 Å². The number of halogens is 3. The van der Waals surface area contributed by atoms with Gasteiger partial charge in [-0.3, -0.25) is 4.90 Å². The molecule has 2 atom stereocenters. The topological polar surface area (TPSA) is 26.7 Å². The zero-order valence-corrected chi connectivity index (χ0v) is 17.9. The summed E-state index contributed by atoms with van der Waals surface area (Å²) in [6.45, 7) is 7.04. The van der Waals surface area contributed by atoms with Crippen molar-refractivity contribution in [2.24, 2.45) is 0 Å². The lowest BCUT2D eigenvalue weighted by molar-refractivity contribution is 0.0110. The van der Waals surface area contributed by atoms with Gasteiger partial charge in [0.25, 0.3) is 0 Å². The van der Waals surface area contributed by atoms with E-state index in [1.165, 1.54) is 5.56 Å². The van der Waals surface area contributed by atoms with Gasteiger partial charge in [-0.2, -0.15) is 0 Å². The average Bonchev–Trinajstić information content (AvgIpc) is 2.62. The van der Waals surface area contributed by atoms with E-state index in [0.29, 0.717) is 16.6 Å².